The number of hydrogen-bond acceptors (Lipinski definition) is 5. The third kappa shape index (κ3) is 3.30. The van der Waals surface area contributed by atoms with Crippen LogP contribution in [0.5, 0.6) is 0 Å². The average molecular weight is 293 g/mol. The molecule has 21 heavy (non-hydrogen) atoms. The highest BCUT2D eigenvalue weighted by atomic mass is 16.6. The summed E-state index contributed by atoms with van der Waals surface area (Å²) in [6, 6.07) is 4.14. The molecule has 1 aromatic carbocycles. The van der Waals surface area contributed by atoms with Crippen molar-refractivity contribution in [3.05, 3.63) is 33.9 Å². The zero-order valence-electron chi connectivity index (χ0n) is 12.1. The number of benzene rings is 1. The van der Waals surface area contributed by atoms with Gasteiger partial charge in [0.2, 0.25) is 0 Å². The molecule has 0 spiro atoms. The molecule has 7 nitrogen and oxygen atoms in total. The van der Waals surface area contributed by atoms with Gasteiger partial charge in [-0.15, -0.1) is 0 Å². The Bertz CT molecular complexity index is 529. The van der Waals surface area contributed by atoms with Gasteiger partial charge in [0, 0.05) is 18.7 Å². The van der Waals surface area contributed by atoms with Gasteiger partial charge in [-0.05, 0) is 32.0 Å². The first-order valence-electron chi connectivity index (χ1n) is 6.86. The molecule has 1 fully saturated rings. The third-order valence-electron chi connectivity index (χ3n) is 3.91. The molecular weight excluding hydrogens is 274 g/mol. The second kappa shape index (κ2) is 6.09. The van der Waals surface area contributed by atoms with Crippen molar-refractivity contribution in [2.75, 3.05) is 25.5 Å². The van der Waals surface area contributed by atoms with Gasteiger partial charge in [-0.1, -0.05) is 13.0 Å². The van der Waals surface area contributed by atoms with E-state index in [0.29, 0.717) is 0 Å². The van der Waals surface area contributed by atoms with E-state index in [2.05, 4.69) is 17.1 Å². The quantitative estimate of drug-likeness (QED) is 0.651. The highest BCUT2D eigenvalue weighted by molar-refractivity contribution is 5.96. The van der Waals surface area contributed by atoms with Crippen LogP contribution in [0.15, 0.2) is 18.2 Å². The van der Waals surface area contributed by atoms with E-state index in [1.165, 1.54) is 18.2 Å². The topological polar surface area (TPSA) is 95.7 Å². The molecule has 2 atom stereocenters. The monoisotopic (exact) mass is 293 g/mol. The minimum absolute atomic E-state index is 0.0281. The van der Waals surface area contributed by atoms with Crippen LogP contribution < -0.4 is 5.32 Å². The van der Waals surface area contributed by atoms with Crippen molar-refractivity contribution < 1.29 is 14.8 Å². The number of carbonyl (C=O) groups is 1. The average Bonchev–Trinajstić information content (AvgIpc) is 2.41. The summed E-state index contributed by atoms with van der Waals surface area (Å²) in [7, 11) is 2.03. The number of para-hydroxylation sites is 1. The summed E-state index contributed by atoms with van der Waals surface area (Å²) < 4.78 is 0. The van der Waals surface area contributed by atoms with Gasteiger partial charge in [0.1, 0.15) is 5.69 Å². The van der Waals surface area contributed by atoms with E-state index in [-0.39, 0.29) is 28.9 Å². The summed E-state index contributed by atoms with van der Waals surface area (Å²) in [5, 5.41) is 23.5. The molecule has 2 unspecified atom stereocenters. The second-order valence-corrected chi connectivity index (χ2v) is 5.54. The van der Waals surface area contributed by atoms with E-state index >= 15 is 0 Å². The van der Waals surface area contributed by atoms with Crippen molar-refractivity contribution in [2.24, 2.45) is 5.92 Å². The Kier molecular flexibility index (Phi) is 4.42. The molecule has 0 amide bonds. The molecule has 114 valence electrons. The summed E-state index contributed by atoms with van der Waals surface area (Å²) in [5.41, 5.74) is -0.146. The predicted octanol–water partition coefficient (Wildman–Crippen LogP) is 2.05. The van der Waals surface area contributed by atoms with Crippen LogP contribution in [0.2, 0.25) is 0 Å². The van der Waals surface area contributed by atoms with Crippen molar-refractivity contribution >= 4 is 17.3 Å². The fourth-order valence-corrected chi connectivity index (χ4v) is 2.78. The minimum atomic E-state index is -1.17. The molecule has 2 rings (SSSR count). The molecule has 0 aliphatic carbocycles. The van der Waals surface area contributed by atoms with Gasteiger partial charge in [0.25, 0.3) is 5.69 Å². The van der Waals surface area contributed by atoms with Gasteiger partial charge in [0.15, 0.2) is 0 Å². The Morgan fingerprint density at radius 3 is 2.81 bits per heavy atom. The lowest BCUT2D eigenvalue weighted by molar-refractivity contribution is -0.384. The summed E-state index contributed by atoms with van der Waals surface area (Å²) in [6.45, 7) is 3.81. The Balaban J connectivity index is 2.33. The summed E-state index contributed by atoms with van der Waals surface area (Å²) in [4.78, 5) is 24.1. The van der Waals surface area contributed by atoms with Gasteiger partial charge in [-0.25, -0.2) is 4.79 Å². The maximum Gasteiger partial charge on any atom is 0.338 e. The fraction of sp³-hybridized carbons (Fsp3) is 0.500. The fourth-order valence-electron chi connectivity index (χ4n) is 2.78. The Hall–Kier alpha value is -2.15. The summed E-state index contributed by atoms with van der Waals surface area (Å²) in [6.07, 6.45) is 0.822. The SMILES string of the molecule is CC1CN(C)CCC1Nc1c(C(=O)O)cccc1[N+](=O)[O-]. The lowest BCUT2D eigenvalue weighted by Crippen LogP contribution is -2.43. The van der Waals surface area contributed by atoms with Gasteiger partial charge in [0.05, 0.1) is 10.5 Å². The van der Waals surface area contributed by atoms with E-state index in [1.54, 1.807) is 0 Å². The van der Waals surface area contributed by atoms with Crippen LogP contribution in [0.1, 0.15) is 23.7 Å². The molecule has 0 aromatic heterocycles. The van der Waals surface area contributed by atoms with E-state index < -0.39 is 10.9 Å². The number of nitro benzene ring substituents is 1. The molecule has 7 heteroatoms. The standard InChI is InChI=1S/C14H19N3O4/c1-9-8-16(2)7-6-11(9)15-13-10(14(18)19)4-3-5-12(13)17(20)21/h3-5,9,11,15H,6-8H2,1-2H3,(H,18,19). The van der Waals surface area contributed by atoms with Gasteiger partial charge < -0.3 is 15.3 Å². The molecule has 1 heterocycles. The third-order valence-corrected chi connectivity index (χ3v) is 3.91. The van der Waals surface area contributed by atoms with Crippen molar-refractivity contribution in [2.45, 2.75) is 19.4 Å². The number of nitrogens with zero attached hydrogens (tertiary/aromatic N) is 2. The van der Waals surface area contributed by atoms with Crippen LogP contribution in [0.25, 0.3) is 0 Å². The van der Waals surface area contributed by atoms with E-state index in [4.69, 9.17) is 0 Å². The number of rotatable bonds is 4. The molecule has 1 saturated heterocycles. The largest absolute Gasteiger partial charge is 0.478 e. The second-order valence-electron chi connectivity index (χ2n) is 5.54. The number of carboxylic acids is 1. The Morgan fingerprint density at radius 2 is 2.24 bits per heavy atom. The van der Waals surface area contributed by atoms with Crippen LogP contribution >= 0.6 is 0 Å². The normalized spacial score (nSPS) is 22.8. The lowest BCUT2D eigenvalue weighted by Gasteiger charge is -2.35. The van der Waals surface area contributed by atoms with Gasteiger partial charge in [-0.2, -0.15) is 0 Å². The number of hydrogen-bond donors (Lipinski definition) is 2. The highest BCUT2D eigenvalue weighted by Gasteiger charge is 2.28. The van der Waals surface area contributed by atoms with E-state index in [1.807, 2.05) is 7.05 Å². The van der Waals surface area contributed by atoms with Crippen LogP contribution in [0, 0.1) is 16.0 Å². The Labute approximate surface area is 122 Å². The van der Waals surface area contributed by atoms with Crippen LogP contribution in [-0.2, 0) is 0 Å². The first-order valence-corrected chi connectivity index (χ1v) is 6.86. The van der Waals surface area contributed by atoms with Crippen LogP contribution in [-0.4, -0.2) is 47.1 Å². The molecule has 1 aromatic rings. The smallest absolute Gasteiger partial charge is 0.338 e. The number of aromatic carboxylic acids is 1. The molecule has 0 saturated carbocycles. The molecule has 1 aliphatic heterocycles. The Morgan fingerprint density at radius 1 is 1.52 bits per heavy atom. The van der Waals surface area contributed by atoms with Crippen LogP contribution in [0.4, 0.5) is 11.4 Å². The maximum atomic E-state index is 11.3. The zero-order valence-corrected chi connectivity index (χ0v) is 12.1. The van der Waals surface area contributed by atoms with E-state index in [0.717, 1.165) is 19.5 Å². The molecule has 1 aliphatic rings. The number of piperidine rings is 1. The zero-order chi connectivity index (χ0) is 15.6. The van der Waals surface area contributed by atoms with Crippen molar-refractivity contribution in [3.63, 3.8) is 0 Å². The summed E-state index contributed by atoms with van der Waals surface area (Å²) in [5.74, 6) is -0.882. The van der Waals surface area contributed by atoms with Crippen molar-refractivity contribution in [1.82, 2.24) is 4.90 Å². The molecule has 2 N–H and O–H groups in total. The van der Waals surface area contributed by atoms with Crippen LogP contribution in [0.3, 0.4) is 0 Å². The number of nitro groups is 1. The number of carboxylic acid groups (broad SMARTS) is 1. The summed E-state index contributed by atoms with van der Waals surface area (Å²) >= 11 is 0. The lowest BCUT2D eigenvalue weighted by atomic mass is 9.93. The number of anilines is 1. The highest BCUT2D eigenvalue weighted by Crippen LogP contribution is 2.31. The first kappa shape index (κ1) is 15.2. The maximum absolute atomic E-state index is 11.3. The molecular formula is C14H19N3O4. The van der Waals surface area contributed by atoms with Gasteiger partial charge >= 0.3 is 5.97 Å². The molecule has 0 radical (unpaired) electrons. The van der Waals surface area contributed by atoms with Crippen molar-refractivity contribution in [1.29, 1.82) is 0 Å². The first-order chi connectivity index (χ1) is 9.90. The number of likely N-dealkylation sites (tertiary alicyclic amines) is 1. The minimum Gasteiger partial charge on any atom is -0.478 e. The van der Waals surface area contributed by atoms with E-state index in [9.17, 15) is 20.0 Å². The van der Waals surface area contributed by atoms with Crippen molar-refractivity contribution in [3.8, 4) is 0 Å². The molecule has 0 bridgehead atoms. The number of nitrogens with one attached hydrogen (secondary N) is 1. The predicted molar refractivity (Wildman–Crippen MR) is 78.7 cm³/mol. The van der Waals surface area contributed by atoms with Gasteiger partial charge in [-0.3, -0.25) is 10.1 Å².